The summed E-state index contributed by atoms with van der Waals surface area (Å²) in [5.41, 5.74) is 1.05. The number of benzene rings is 1. The maximum atomic E-state index is 11.8. The molecule has 1 aliphatic rings. The Morgan fingerprint density at radius 1 is 1.22 bits per heavy atom. The van der Waals surface area contributed by atoms with Crippen molar-refractivity contribution in [3.63, 3.8) is 0 Å². The molecule has 0 bridgehead atoms. The molecule has 23 heavy (non-hydrogen) atoms. The molecular weight excluding hydrogens is 316 g/mol. The van der Waals surface area contributed by atoms with E-state index in [-0.39, 0.29) is 11.7 Å². The van der Waals surface area contributed by atoms with Crippen LogP contribution >= 0.6 is 0 Å². The van der Waals surface area contributed by atoms with Crippen LogP contribution in [0.3, 0.4) is 0 Å². The number of nitrogens with zero attached hydrogens (tertiary/aromatic N) is 2. The number of hydrogen-bond acceptors (Lipinski definition) is 6. The first kappa shape index (κ1) is 16.1. The SMILES string of the molecule is CCS(=O)(=O)c1ccc(CCc2nc([C@@H]3CCOC3)no2)cc1. The molecule has 1 aromatic carbocycles. The van der Waals surface area contributed by atoms with E-state index in [4.69, 9.17) is 9.26 Å². The third-order valence-corrected chi connectivity index (χ3v) is 5.82. The fraction of sp³-hybridized carbons (Fsp3) is 0.500. The van der Waals surface area contributed by atoms with Crippen LogP contribution in [-0.2, 0) is 27.4 Å². The fourth-order valence-electron chi connectivity index (χ4n) is 2.55. The average Bonchev–Trinajstić information content (AvgIpc) is 3.24. The Balaban J connectivity index is 1.60. The first-order chi connectivity index (χ1) is 11.1. The van der Waals surface area contributed by atoms with Gasteiger partial charge in [-0.2, -0.15) is 4.98 Å². The predicted molar refractivity (Wildman–Crippen MR) is 84.1 cm³/mol. The van der Waals surface area contributed by atoms with E-state index in [0.29, 0.717) is 23.8 Å². The monoisotopic (exact) mass is 336 g/mol. The second-order valence-electron chi connectivity index (χ2n) is 5.65. The van der Waals surface area contributed by atoms with E-state index in [1.165, 1.54) is 0 Å². The van der Waals surface area contributed by atoms with Crippen molar-refractivity contribution in [3.8, 4) is 0 Å². The molecule has 1 aromatic heterocycles. The Kier molecular flexibility index (Phi) is 4.77. The van der Waals surface area contributed by atoms with Gasteiger partial charge in [0.1, 0.15) is 0 Å². The largest absolute Gasteiger partial charge is 0.381 e. The quantitative estimate of drug-likeness (QED) is 0.804. The molecule has 124 valence electrons. The fourth-order valence-corrected chi connectivity index (χ4v) is 3.44. The molecule has 0 N–H and O–H groups in total. The van der Waals surface area contributed by atoms with Crippen LogP contribution in [-0.4, -0.2) is 37.5 Å². The normalized spacial score (nSPS) is 18.4. The summed E-state index contributed by atoms with van der Waals surface area (Å²) >= 11 is 0. The Bertz CT molecular complexity index is 747. The number of aryl methyl sites for hydroxylation is 2. The minimum Gasteiger partial charge on any atom is -0.381 e. The van der Waals surface area contributed by atoms with Crippen molar-refractivity contribution in [1.29, 1.82) is 0 Å². The van der Waals surface area contributed by atoms with E-state index in [1.807, 2.05) is 12.1 Å². The molecule has 1 aliphatic heterocycles. The zero-order valence-corrected chi connectivity index (χ0v) is 13.9. The molecule has 0 aliphatic carbocycles. The molecule has 7 heteroatoms. The maximum Gasteiger partial charge on any atom is 0.226 e. The van der Waals surface area contributed by atoms with Gasteiger partial charge in [0.15, 0.2) is 15.7 Å². The highest BCUT2D eigenvalue weighted by Gasteiger charge is 2.23. The van der Waals surface area contributed by atoms with Crippen LogP contribution in [0, 0.1) is 0 Å². The lowest BCUT2D eigenvalue weighted by Crippen LogP contribution is -2.03. The zero-order chi connectivity index (χ0) is 16.3. The molecule has 2 aromatic rings. The molecule has 2 heterocycles. The summed E-state index contributed by atoms with van der Waals surface area (Å²) in [6.07, 6.45) is 2.31. The molecule has 6 nitrogen and oxygen atoms in total. The molecule has 0 spiro atoms. The molecule has 3 rings (SSSR count). The highest BCUT2D eigenvalue weighted by atomic mass is 32.2. The second kappa shape index (κ2) is 6.80. The number of sulfone groups is 1. The van der Waals surface area contributed by atoms with Gasteiger partial charge in [0.2, 0.25) is 5.89 Å². The van der Waals surface area contributed by atoms with E-state index >= 15 is 0 Å². The number of rotatable bonds is 6. The Hall–Kier alpha value is -1.73. The number of ether oxygens (including phenoxy) is 1. The van der Waals surface area contributed by atoms with Crippen LogP contribution in [0.5, 0.6) is 0 Å². The van der Waals surface area contributed by atoms with Gasteiger partial charge >= 0.3 is 0 Å². The van der Waals surface area contributed by atoms with Crippen molar-refractivity contribution in [3.05, 3.63) is 41.5 Å². The molecule has 0 unspecified atom stereocenters. The topological polar surface area (TPSA) is 82.3 Å². The van der Waals surface area contributed by atoms with Crippen LogP contribution in [0.4, 0.5) is 0 Å². The second-order valence-corrected chi connectivity index (χ2v) is 7.93. The van der Waals surface area contributed by atoms with Gasteiger partial charge in [-0.15, -0.1) is 0 Å². The lowest BCUT2D eigenvalue weighted by molar-refractivity contribution is 0.192. The summed E-state index contributed by atoms with van der Waals surface area (Å²) in [6.45, 7) is 3.06. The molecule has 1 atom stereocenters. The summed E-state index contributed by atoms with van der Waals surface area (Å²) in [5.74, 6) is 1.69. The first-order valence-electron chi connectivity index (χ1n) is 7.80. The number of aromatic nitrogens is 2. The summed E-state index contributed by atoms with van der Waals surface area (Å²) in [5, 5.41) is 4.02. The van der Waals surface area contributed by atoms with Crippen molar-refractivity contribution >= 4 is 9.84 Å². The third-order valence-electron chi connectivity index (χ3n) is 4.07. The summed E-state index contributed by atoms with van der Waals surface area (Å²) in [6, 6.07) is 6.99. The minimum absolute atomic E-state index is 0.113. The summed E-state index contributed by atoms with van der Waals surface area (Å²) in [7, 11) is -3.14. The Morgan fingerprint density at radius 2 is 2.00 bits per heavy atom. The van der Waals surface area contributed by atoms with Crippen molar-refractivity contribution in [2.75, 3.05) is 19.0 Å². The van der Waals surface area contributed by atoms with Gasteiger partial charge < -0.3 is 9.26 Å². The van der Waals surface area contributed by atoms with Crippen molar-refractivity contribution in [2.24, 2.45) is 0 Å². The van der Waals surface area contributed by atoms with Crippen LogP contribution in [0.25, 0.3) is 0 Å². The van der Waals surface area contributed by atoms with Gasteiger partial charge in [-0.25, -0.2) is 8.42 Å². The van der Waals surface area contributed by atoms with E-state index in [9.17, 15) is 8.42 Å². The van der Waals surface area contributed by atoms with Gasteiger partial charge in [0.25, 0.3) is 0 Å². The van der Waals surface area contributed by atoms with Crippen molar-refractivity contribution < 1.29 is 17.7 Å². The Labute approximate surface area is 135 Å². The van der Waals surface area contributed by atoms with Gasteiger partial charge in [-0.05, 0) is 30.5 Å². The minimum atomic E-state index is -3.14. The molecular formula is C16H20N2O4S. The van der Waals surface area contributed by atoms with Gasteiger partial charge in [0.05, 0.1) is 17.3 Å². The van der Waals surface area contributed by atoms with Gasteiger partial charge in [-0.1, -0.05) is 24.2 Å². The van der Waals surface area contributed by atoms with E-state index in [2.05, 4.69) is 10.1 Å². The lowest BCUT2D eigenvalue weighted by atomic mass is 10.1. The Morgan fingerprint density at radius 3 is 2.65 bits per heavy atom. The summed E-state index contributed by atoms with van der Waals surface area (Å²) < 4.78 is 34.2. The maximum absolute atomic E-state index is 11.8. The molecule has 1 fully saturated rings. The molecule has 1 saturated heterocycles. The standard InChI is InChI=1S/C16H20N2O4S/c1-2-23(19,20)14-6-3-12(4-7-14)5-8-15-17-16(18-22-15)13-9-10-21-11-13/h3-4,6-7,13H,2,5,8-11H2,1H3/t13-/m1/s1. The molecule has 0 amide bonds. The highest BCUT2D eigenvalue weighted by Crippen LogP contribution is 2.22. The zero-order valence-electron chi connectivity index (χ0n) is 13.1. The third kappa shape index (κ3) is 3.79. The van der Waals surface area contributed by atoms with Crippen molar-refractivity contribution in [2.45, 2.75) is 37.0 Å². The van der Waals surface area contributed by atoms with E-state index < -0.39 is 9.84 Å². The van der Waals surface area contributed by atoms with Gasteiger partial charge in [-0.3, -0.25) is 0 Å². The average molecular weight is 336 g/mol. The van der Waals surface area contributed by atoms with Crippen LogP contribution in [0.15, 0.2) is 33.7 Å². The first-order valence-corrected chi connectivity index (χ1v) is 9.45. The number of hydrogen-bond donors (Lipinski definition) is 0. The van der Waals surface area contributed by atoms with Gasteiger partial charge in [0, 0.05) is 18.9 Å². The highest BCUT2D eigenvalue weighted by molar-refractivity contribution is 7.91. The van der Waals surface area contributed by atoms with Crippen LogP contribution < -0.4 is 0 Å². The van der Waals surface area contributed by atoms with Crippen LogP contribution in [0.2, 0.25) is 0 Å². The molecule has 0 radical (unpaired) electrons. The smallest absolute Gasteiger partial charge is 0.226 e. The lowest BCUT2D eigenvalue weighted by Gasteiger charge is -2.03. The molecule has 0 saturated carbocycles. The van der Waals surface area contributed by atoms with E-state index in [1.54, 1.807) is 19.1 Å². The van der Waals surface area contributed by atoms with Crippen molar-refractivity contribution in [1.82, 2.24) is 10.1 Å². The van der Waals surface area contributed by atoms with E-state index in [0.717, 1.165) is 30.8 Å². The predicted octanol–water partition coefficient (Wildman–Crippen LogP) is 2.15. The van der Waals surface area contributed by atoms with Crippen LogP contribution in [0.1, 0.15) is 36.5 Å². The summed E-state index contributed by atoms with van der Waals surface area (Å²) in [4.78, 5) is 4.79.